The molecule has 0 aromatic heterocycles. The zero-order chi connectivity index (χ0) is 22.5. The summed E-state index contributed by atoms with van der Waals surface area (Å²) in [7, 11) is 2.10. The van der Waals surface area contributed by atoms with E-state index in [2.05, 4.69) is 56.2 Å². The molecule has 5 nitrogen and oxygen atoms in total. The first-order valence-electron chi connectivity index (χ1n) is 10.6. The molecule has 5 heteroatoms. The van der Waals surface area contributed by atoms with Crippen molar-refractivity contribution in [2.75, 3.05) is 11.9 Å². The number of amides is 3. The predicted molar refractivity (Wildman–Crippen MR) is 126 cm³/mol. The lowest BCUT2D eigenvalue weighted by Gasteiger charge is -2.41. The number of aryl methyl sites for hydroxylation is 2. The fourth-order valence-corrected chi connectivity index (χ4v) is 4.22. The van der Waals surface area contributed by atoms with Crippen molar-refractivity contribution in [2.45, 2.75) is 46.7 Å². The highest BCUT2D eigenvalue weighted by molar-refractivity contribution is 6.14. The lowest BCUT2D eigenvalue weighted by molar-refractivity contribution is -0.123. The Morgan fingerprint density at radius 1 is 1.03 bits per heavy atom. The lowest BCUT2D eigenvalue weighted by atomic mass is 9.87. The number of nitrogens with one attached hydrogen (secondary N) is 1. The smallest absolute Gasteiger partial charge is 0.329 e. The van der Waals surface area contributed by atoms with Gasteiger partial charge < -0.3 is 10.2 Å². The van der Waals surface area contributed by atoms with E-state index in [0.717, 1.165) is 27.8 Å². The summed E-state index contributed by atoms with van der Waals surface area (Å²) >= 11 is 0. The van der Waals surface area contributed by atoms with Crippen molar-refractivity contribution < 1.29 is 9.59 Å². The molecule has 160 valence electrons. The number of benzene rings is 2. The van der Waals surface area contributed by atoms with Gasteiger partial charge in [-0.05, 0) is 75.1 Å². The number of rotatable bonds is 3. The van der Waals surface area contributed by atoms with Crippen LogP contribution in [0.5, 0.6) is 0 Å². The molecule has 2 aliphatic heterocycles. The van der Waals surface area contributed by atoms with Crippen molar-refractivity contribution in [3.8, 4) is 0 Å². The number of nitrogens with zero attached hydrogens (tertiary/aromatic N) is 2. The summed E-state index contributed by atoms with van der Waals surface area (Å²) in [6, 6.07) is 11.7. The molecule has 4 rings (SSSR count). The number of carbonyl (C=O) groups excluding carboxylic acids is 2. The Morgan fingerprint density at radius 3 is 2.39 bits per heavy atom. The molecule has 0 spiro atoms. The van der Waals surface area contributed by atoms with E-state index in [1.54, 1.807) is 6.08 Å². The monoisotopic (exact) mass is 415 g/mol. The average Bonchev–Trinajstić information content (AvgIpc) is 2.96. The summed E-state index contributed by atoms with van der Waals surface area (Å²) in [6.07, 6.45) is 4.05. The molecule has 1 saturated heterocycles. The van der Waals surface area contributed by atoms with Crippen LogP contribution in [-0.4, -0.2) is 29.4 Å². The number of hydrogen-bond acceptors (Lipinski definition) is 3. The highest BCUT2D eigenvalue weighted by Crippen LogP contribution is 2.39. The molecule has 3 amide bonds. The minimum atomic E-state index is -0.384. The maximum atomic E-state index is 12.9. The van der Waals surface area contributed by atoms with Gasteiger partial charge in [-0.1, -0.05) is 35.9 Å². The normalized spacial score (nSPS) is 18.9. The lowest BCUT2D eigenvalue weighted by Crippen LogP contribution is -2.42. The van der Waals surface area contributed by atoms with Crippen molar-refractivity contribution in [1.29, 1.82) is 0 Å². The molecule has 31 heavy (non-hydrogen) atoms. The molecule has 2 heterocycles. The number of hydrogen-bond donors (Lipinski definition) is 1. The first kappa shape index (κ1) is 20.9. The standard InChI is InChI=1S/C26H29N3O2/c1-16-7-9-19(10-8-16)15-29-24(30)22(27-25(29)31)13-20-12-21-18(3)14-26(4,5)28(6)23(21)11-17(20)2/h7-14H,15H2,1-6H3,(H,27,31)/b22-13-. The third kappa shape index (κ3) is 3.76. The second-order valence-electron chi connectivity index (χ2n) is 9.13. The van der Waals surface area contributed by atoms with E-state index < -0.39 is 0 Å². The van der Waals surface area contributed by atoms with Gasteiger partial charge in [0.15, 0.2) is 0 Å². The van der Waals surface area contributed by atoms with Crippen molar-refractivity contribution in [2.24, 2.45) is 0 Å². The first-order chi connectivity index (χ1) is 14.6. The Morgan fingerprint density at radius 2 is 1.71 bits per heavy atom. The van der Waals surface area contributed by atoms with Crippen molar-refractivity contribution in [3.63, 3.8) is 0 Å². The van der Waals surface area contributed by atoms with Gasteiger partial charge in [-0.3, -0.25) is 9.69 Å². The van der Waals surface area contributed by atoms with E-state index in [9.17, 15) is 9.59 Å². The van der Waals surface area contributed by atoms with Gasteiger partial charge in [-0.2, -0.15) is 0 Å². The summed E-state index contributed by atoms with van der Waals surface area (Å²) in [5.74, 6) is -0.298. The summed E-state index contributed by atoms with van der Waals surface area (Å²) in [4.78, 5) is 29.0. The zero-order valence-electron chi connectivity index (χ0n) is 19.0. The summed E-state index contributed by atoms with van der Waals surface area (Å²) in [5, 5.41) is 2.75. The number of fused-ring (bicyclic) bond motifs is 1. The van der Waals surface area contributed by atoms with Crippen molar-refractivity contribution in [1.82, 2.24) is 10.2 Å². The van der Waals surface area contributed by atoms with E-state index in [4.69, 9.17) is 0 Å². The molecule has 1 N–H and O–H groups in total. The number of urea groups is 1. The molecule has 0 unspecified atom stereocenters. The van der Waals surface area contributed by atoms with Crippen LogP contribution in [0.2, 0.25) is 0 Å². The first-order valence-corrected chi connectivity index (χ1v) is 10.6. The molecule has 0 bridgehead atoms. The van der Waals surface area contributed by atoms with Crippen LogP contribution in [-0.2, 0) is 11.3 Å². The second kappa shape index (κ2) is 7.41. The van der Waals surface area contributed by atoms with Gasteiger partial charge in [0.25, 0.3) is 5.91 Å². The predicted octanol–water partition coefficient (Wildman–Crippen LogP) is 5.03. The van der Waals surface area contributed by atoms with Crippen LogP contribution in [0.15, 0.2) is 48.2 Å². The van der Waals surface area contributed by atoms with Gasteiger partial charge in [0.2, 0.25) is 0 Å². The van der Waals surface area contributed by atoms with Crippen LogP contribution in [0.25, 0.3) is 11.6 Å². The second-order valence-corrected chi connectivity index (χ2v) is 9.13. The highest BCUT2D eigenvalue weighted by atomic mass is 16.2. The van der Waals surface area contributed by atoms with E-state index in [1.807, 2.05) is 38.1 Å². The average molecular weight is 416 g/mol. The minimum Gasteiger partial charge on any atom is -0.365 e. The van der Waals surface area contributed by atoms with Gasteiger partial charge >= 0.3 is 6.03 Å². The molecular weight excluding hydrogens is 386 g/mol. The van der Waals surface area contributed by atoms with Gasteiger partial charge in [-0.25, -0.2) is 4.79 Å². The summed E-state index contributed by atoms with van der Waals surface area (Å²) < 4.78 is 0. The zero-order valence-corrected chi connectivity index (χ0v) is 19.0. The van der Waals surface area contributed by atoms with Crippen LogP contribution in [0.4, 0.5) is 10.5 Å². The molecular formula is C26H29N3O2. The van der Waals surface area contributed by atoms with Gasteiger partial charge in [0.05, 0.1) is 12.1 Å². The fraction of sp³-hybridized carbons (Fsp3) is 0.308. The summed E-state index contributed by atoms with van der Waals surface area (Å²) in [6.45, 7) is 10.8. The van der Waals surface area contributed by atoms with Crippen LogP contribution in [0.3, 0.4) is 0 Å². The minimum absolute atomic E-state index is 0.0601. The number of allylic oxidation sites excluding steroid dienone is 1. The Kier molecular flexibility index (Phi) is 5.00. The Bertz CT molecular complexity index is 1140. The number of likely N-dealkylation sites (N-methyl/N-ethyl adjacent to an activating group) is 1. The molecule has 1 fully saturated rings. The quantitative estimate of drug-likeness (QED) is 0.565. The van der Waals surface area contributed by atoms with Crippen LogP contribution >= 0.6 is 0 Å². The fourth-order valence-electron chi connectivity index (χ4n) is 4.22. The Hall–Kier alpha value is -3.34. The van der Waals surface area contributed by atoms with E-state index in [1.165, 1.54) is 16.2 Å². The number of anilines is 1. The third-order valence-electron chi connectivity index (χ3n) is 6.33. The highest BCUT2D eigenvalue weighted by Gasteiger charge is 2.34. The van der Waals surface area contributed by atoms with Gasteiger partial charge in [0.1, 0.15) is 5.70 Å². The van der Waals surface area contributed by atoms with E-state index >= 15 is 0 Å². The third-order valence-corrected chi connectivity index (χ3v) is 6.33. The molecule has 0 aliphatic carbocycles. The molecule has 0 atom stereocenters. The van der Waals surface area contributed by atoms with E-state index in [0.29, 0.717) is 5.70 Å². The van der Waals surface area contributed by atoms with Gasteiger partial charge in [-0.15, -0.1) is 0 Å². The Balaban J connectivity index is 1.65. The van der Waals surface area contributed by atoms with Crippen LogP contribution < -0.4 is 10.2 Å². The SMILES string of the molecule is CC1=CC(C)(C)N(C)c2cc(C)c(/C=C3\NC(=O)N(Cc4ccc(C)cc4)C3=O)cc21. The largest absolute Gasteiger partial charge is 0.365 e. The number of imide groups is 1. The van der Waals surface area contributed by atoms with Gasteiger partial charge in [0, 0.05) is 18.3 Å². The van der Waals surface area contributed by atoms with Crippen LogP contribution in [0.1, 0.15) is 48.6 Å². The van der Waals surface area contributed by atoms with Crippen molar-refractivity contribution >= 4 is 29.3 Å². The number of carbonyl (C=O) groups is 2. The summed E-state index contributed by atoms with van der Waals surface area (Å²) in [5.41, 5.74) is 7.83. The van der Waals surface area contributed by atoms with Crippen LogP contribution in [0, 0.1) is 13.8 Å². The topological polar surface area (TPSA) is 52.7 Å². The maximum absolute atomic E-state index is 12.9. The molecule has 0 radical (unpaired) electrons. The van der Waals surface area contributed by atoms with E-state index in [-0.39, 0.29) is 24.0 Å². The molecule has 2 aromatic rings. The maximum Gasteiger partial charge on any atom is 0.329 e. The molecule has 2 aromatic carbocycles. The Labute approximate surface area is 184 Å². The molecule has 2 aliphatic rings. The van der Waals surface area contributed by atoms with Crippen molar-refractivity contribution in [3.05, 3.63) is 76.0 Å². The molecule has 0 saturated carbocycles.